The number of carbonyl (C=O) groups is 1. The Hall–Kier alpha value is -2.16. The van der Waals surface area contributed by atoms with E-state index in [1.165, 1.54) is 36.1 Å². The average molecular weight is 297 g/mol. The highest BCUT2D eigenvalue weighted by Gasteiger charge is 2.15. The summed E-state index contributed by atoms with van der Waals surface area (Å²) in [6, 6.07) is 12.1. The SMILES string of the molecule is C[C@H](NC(=O)c1ccc2c(c1)CCCC2)c1ccc(F)cc1. The molecular formula is C19H20FNO. The van der Waals surface area contributed by atoms with Gasteiger partial charge in [-0.2, -0.15) is 0 Å². The van der Waals surface area contributed by atoms with Crippen molar-refractivity contribution in [2.75, 3.05) is 0 Å². The van der Waals surface area contributed by atoms with Gasteiger partial charge in [-0.1, -0.05) is 18.2 Å². The van der Waals surface area contributed by atoms with Crippen LogP contribution in [0.3, 0.4) is 0 Å². The summed E-state index contributed by atoms with van der Waals surface area (Å²) >= 11 is 0. The molecule has 0 unspecified atom stereocenters. The molecule has 0 saturated heterocycles. The lowest BCUT2D eigenvalue weighted by Gasteiger charge is -2.18. The monoisotopic (exact) mass is 297 g/mol. The molecule has 0 fully saturated rings. The van der Waals surface area contributed by atoms with Crippen LogP contribution in [0.2, 0.25) is 0 Å². The van der Waals surface area contributed by atoms with Crippen LogP contribution in [0.1, 0.15) is 52.9 Å². The molecule has 0 radical (unpaired) electrons. The van der Waals surface area contributed by atoms with Crippen LogP contribution in [0.25, 0.3) is 0 Å². The zero-order chi connectivity index (χ0) is 15.5. The van der Waals surface area contributed by atoms with E-state index in [0.29, 0.717) is 5.56 Å². The zero-order valence-electron chi connectivity index (χ0n) is 12.7. The number of rotatable bonds is 3. The Morgan fingerprint density at radius 1 is 1.05 bits per heavy atom. The number of amides is 1. The molecule has 1 amide bonds. The van der Waals surface area contributed by atoms with E-state index < -0.39 is 0 Å². The normalized spacial score (nSPS) is 15.0. The minimum atomic E-state index is -0.267. The number of aryl methyl sites for hydroxylation is 2. The van der Waals surface area contributed by atoms with E-state index >= 15 is 0 Å². The fraction of sp³-hybridized carbons (Fsp3) is 0.316. The number of fused-ring (bicyclic) bond motifs is 1. The van der Waals surface area contributed by atoms with Gasteiger partial charge in [-0.05, 0) is 73.6 Å². The topological polar surface area (TPSA) is 29.1 Å². The molecular weight excluding hydrogens is 277 g/mol. The van der Waals surface area contributed by atoms with E-state index in [1.54, 1.807) is 12.1 Å². The molecule has 2 aromatic carbocycles. The number of hydrogen-bond donors (Lipinski definition) is 1. The molecule has 1 N–H and O–H groups in total. The molecule has 0 bridgehead atoms. The van der Waals surface area contributed by atoms with Crippen molar-refractivity contribution in [2.45, 2.75) is 38.6 Å². The molecule has 22 heavy (non-hydrogen) atoms. The summed E-state index contributed by atoms with van der Waals surface area (Å²) in [6.07, 6.45) is 4.61. The van der Waals surface area contributed by atoms with Crippen LogP contribution < -0.4 is 5.32 Å². The molecule has 0 aromatic heterocycles. The van der Waals surface area contributed by atoms with E-state index in [-0.39, 0.29) is 17.8 Å². The smallest absolute Gasteiger partial charge is 0.251 e. The third-order valence-electron chi connectivity index (χ3n) is 4.33. The van der Waals surface area contributed by atoms with Crippen molar-refractivity contribution >= 4 is 5.91 Å². The third kappa shape index (κ3) is 3.19. The Morgan fingerprint density at radius 2 is 1.73 bits per heavy atom. The molecule has 0 heterocycles. The van der Waals surface area contributed by atoms with Crippen molar-refractivity contribution in [1.82, 2.24) is 5.32 Å². The standard InChI is InChI=1S/C19H20FNO/c1-13(14-8-10-18(20)11-9-14)21-19(22)17-7-6-15-4-2-3-5-16(15)12-17/h6-13H,2-5H2,1H3,(H,21,22)/t13-/m0/s1. The van der Waals surface area contributed by atoms with Gasteiger partial charge in [0, 0.05) is 5.56 Å². The lowest BCUT2D eigenvalue weighted by atomic mass is 9.90. The predicted molar refractivity (Wildman–Crippen MR) is 85.4 cm³/mol. The van der Waals surface area contributed by atoms with Crippen LogP contribution in [0, 0.1) is 5.82 Å². The first-order valence-electron chi connectivity index (χ1n) is 7.81. The van der Waals surface area contributed by atoms with Gasteiger partial charge in [-0.25, -0.2) is 4.39 Å². The van der Waals surface area contributed by atoms with Crippen LogP contribution in [0.15, 0.2) is 42.5 Å². The Labute approximate surface area is 130 Å². The Bertz CT molecular complexity index is 678. The van der Waals surface area contributed by atoms with Crippen molar-refractivity contribution < 1.29 is 9.18 Å². The molecule has 1 atom stereocenters. The van der Waals surface area contributed by atoms with Crippen LogP contribution in [0.5, 0.6) is 0 Å². The van der Waals surface area contributed by atoms with Gasteiger partial charge >= 0.3 is 0 Å². The summed E-state index contributed by atoms with van der Waals surface area (Å²) in [4.78, 5) is 12.4. The molecule has 0 spiro atoms. The van der Waals surface area contributed by atoms with Crippen molar-refractivity contribution in [1.29, 1.82) is 0 Å². The quantitative estimate of drug-likeness (QED) is 0.904. The fourth-order valence-corrected chi connectivity index (χ4v) is 2.99. The van der Waals surface area contributed by atoms with E-state index in [4.69, 9.17) is 0 Å². The molecule has 1 aliphatic rings. The number of benzene rings is 2. The fourth-order valence-electron chi connectivity index (χ4n) is 2.99. The zero-order valence-corrected chi connectivity index (χ0v) is 12.7. The Kier molecular flexibility index (Phi) is 4.23. The maximum absolute atomic E-state index is 13.0. The maximum Gasteiger partial charge on any atom is 0.251 e. The molecule has 3 rings (SSSR count). The molecule has 0 saturated carbocycles. The number of hydrogen-bond acceptors (Lipinski definition) is 1. The summed E-state index contributed by atoms with van der Waals surface area (Å²) in [7, 11) is 0. The van der Waals surface area contributed by atoms with Gasteiger partial charge in [0.2, 0.25) is 0 Å². The first-order valence-corrected chi connectivity index (χ1v) is 7.81. The highest BCUT2D eigenvalue weighted by Crippen LogP contribution is 2.22. The maximum atomic E-state index is 13.0. The Morgan fingerprint density at radius 3 is 2.45 bits per heavy atom. The van der Waals surface area contributed by atoms with Gasteiger partial charge in [-0.3, -0.25) is 4.79 Å². The first-order chi connectivity index (χ1) is 10.6. The second kappa shape index (κ2) is 6.30. The van der Waals surface area contributed by atoms with Crippen molar-refractivity contribution in [3.63, 3.8) is 0 Å². The average Bonchev–Trinajstić information content (AvgIpc) is 2.55. The molecule has 2 nitrogen and oxygen atoms in total. The molecule has 2 aromatic rings. The van der Waals surface area contributed by atoms with Crippen LogP contribution in [-0.4, -0.2) is 5.91 Å². The minimum Gasteiger partial charge on any atom is -0.346 e. The highest BCUT2D eigenvalue weighted by molar-refractivity contribution is 5.94. The molecule has 3 heteroatoms. The van der Waals surface area contributed by atoms with Gasteiger partial charge in [0.15, 0.2) is 0 Å². The largest absolute Gasteiger partial charge is 0.346 e. The summed E-state index contributed by atoms with van der Waals surface area (Å²) in [5.74, 6) is -0.345. The van der Waals surface area contributed by atoms with Gasteiger partial charge in [-0.15, -0.1) is 0 Å². The van der Waals surface area contributed by atoms with E-state index in [1.807, 2.05) is 19.1 Å². The summed E-state index contributed by atoms with van der Waals surface area (Å²) in [5, 5.41) is 2.98. The molecule has 1 aliphatic carbocycles. The second-order valence-corrected chi connectivity index (χ2v) is 5.94. The number of nitrogens with one attached hydrogen (secondary N) is 1. The highest BCUT2D eigenvalue weighted by atomic mass is 19.1. The summed E-state index contributed by atoms with van der Waals surface area (Å²) in [5.41, 5.74) is 4.27. The van der Waals surface area contributed by atoms with Crippen LogP contribution in [0.4, 0.5) is 4.39 Å². The first kappa shape index (κ1) is 14.8. The van der Waals surface area contributed by atoms with Crippen LogP contribution >= 0.6 is 0 Å². The minimum absolute atomic E-state index is 0.0785. The lowest BCUT2D eigenvalue weighted by Crippen LogP contribution is -2.26. The summed E-state index contributed by atoms with van der Waals surface area (Å²) < 4.78 is 13.0. The van der Waals surface area contributed by atoms with E-state index in [2.05, 4.69) is 11.4 Å². The van der Waals surface area contributed by atoms with Crippen molar-refractivity contribution in [2.24, 2.45) is 0 Å². The third-order valence-corrected chi connectivity index (χ3v) is 4.33. The van der Waals surface area contributed by atoms with Gasteiger partial charge in [0.25, 0.3) is 5.91 Å². The van der Waals surface area contributed by atoms with E-state index in [0.717, 1.165) is 18.4 Å². The molecule has 114 valence electrons. The Balaban J connectivity index is 1.72. The second-order valence-electron chi connectivity index (χ2n) is 5.94. The van der Waals surface area contributed by atoms with Crippen LogP contribution in [-0.2, 0) is 12.8 Å². The molecule has 0 aliphatic heterocycles. The van der Waals surface area contributed by atoms with Crippen molar-refractivity contribution in [3.8, 4) is 0 Å². The predicted octanol–water partition coefficient (Wildman–Crippen LogP) is 4.20. The lowest BCUT2D eigenvalue weighted by molar-refractivity contribution is 0.0939. The number of carbonyl (C=O) groups excluding carboxylic acids is 1. The van der Waals surface area contributed by atoms with Gasteiger partial charge in [0.05, 0.1) is 6.04 Å². The van der Waals surface area contributed by atoms with Gasteiger partial charge in [0.1, 0.15) is 5.82 Å². The van der Waals surface area contributed by atoms with E-state index in [9.17, 15) is 9.18 Å². The van der Waals surface area contributed by atoms with Gasteiger partial charge < -0.3 is 5.32 Å². The summed E-state index contributed by atoms with van der Waals surface area (Å²) in [6.45, 7) is 1.91. The van der Waals surface area contributed by atoms with Crippen molar-refractivity contribution in [3.05, 3.63) is 70.5 Å². The number of halogens is 1.